The Bertz CT molecular complexity index is 1180. The van der Waals surface area contributed by atoms with E-state index in [4.69, 9.17) is 42.6 Å². The van der Waals surface area contributed by atoms with E-state index in [1.54, 1.807) is 38.5 Å². The van der Waals surface area contributed by atoms with E-state index in [0.29, 0.717) is 98.6 Å². The van der Waals surface area contributed by atoms with Crippen LogP contribution in [0.2, 0.25) is 0 Å². The number of carbonyl (C=O) groups is 1. The van der Waals surface area contributed by atoms with Crippen LogP contribution in [0.1, 0.15) is 52.8 Å². The van der Waals surface area contributed by atoms with Gasteiger partial charge in [-0.1, -0.05) is 0 Å². The van der Waals surface area contributed by atoms with Crippen LogP contribution < -0.4 is 18.9 Å². The number of hydrogen-bond donors (Lipinski definition) is 1. The molecule has 41 heavy (non-hydrogen) atoms. The summed E-state index contributed by atoms with van der Waals surface area (Å²) < 4.78 is 50.6. The Morgan fingerprint density at radius 1 is 0.902 bits per heavy atom. The van der Waals surface area contributed by atoms with Crippen LogP contribution in [0, 0.1) is 0 Å². The number of carbonyl (C=O) groups excluding carboxylic acids is 1. The zero-order valence-electron chi connectivity index (χ0n) is 23.6. The van der Waals surface area contributed by atoms with E-state index in [2.05, 4.69) is 0 Å². The molecular weight excluding hydrogens is 536 g/mol. The molecule has 3 aliphatic heterocycles. The fourth-order valence-electron chi connectivity index (χ4n) is 5.33. The van der Waals surface area contributed by atoms with Gasteiger partial charge in [-0.15, -0.1) is 0 Å². The lowest BCUT2D eigenvalue weighted by molar-refractivity contribution is -0.0842. The van der Waals surface area contributed by atoms with Crippen molar-refractivity contribution in [2.45, 2.75) is 36.9 Å². The van der Waals surface area contributed by atoms with Gasteiger partial charge >= 0.3 is 0 Å². The Kier molecular flexibility index (Phi) is 9.97. The van der Waals surface area contributed by atoms with E-state index in [1.807, 2.05) is 6.07 Å². The van der Waals surface area contributed by atoms with Crippen LogP contribution >= 0.6 is 0 Å². The molecule has 3 aliphatic rings. The molecule has 0 saturated carbocycles. The Labute approximate surface area is 239 Å². The third-order valence-corrected chi connectivity index (χ3v) is 7.58. The van der Waals surface area contributed by atoms with Crippen LogP contribution in [0.4, 0.5) is 0 Å². The van der Waals surface area contributed by atoms with E-state index in [1.165, 1.54) is 0 Å². The normalized spacial score (nSPS) is 21.0. The van der Waals surface area contributed by atoms with Crippen molar-refractivity contribution in [3.63, 3.8) is 0 Å². The lowest BCUT2D eigenvalue weighted by atomic mass is 9.81. The quantitative estimate of drug-likeness (QED) is 0.280. The zero-order valence-corrected chi connectivity index (χ0v) is 23.6. The first-order valence-electron chi connectivity index (χ1n) is 13.9. The van der Waals surface area contributed by atoms with E-state index < -0.39 is 17.6 Å². The Hall–Kier alpha value is -2.93. The third kappa shape index (κ3) is 6.94. The van der Waals surface area contributed by atoms with Gasteiger partial charge in [-0.05, 0) is 18.2 Å². The van der Waals surface area contributed by atoms with Gasteiger partial charge in [-0.25, -0.2) is 0 Å². The average Bonchev–Trinajstić information content (AvgIpc) is 2.97. The van der Waals surface area contributed by atoms with Crippen molar-refractivity contribution in [2.24, 2.45) is 0 Å². The summed E-state index contributed by atoms with van der Waals surface area (Å²) in [6.07, 6.45) is 1.09. The van der Waals surface area contributed by atoms with Crippen LogP contribution in [0.5, 0.6) is 23.0 Å². The standard InChI is InChI=1S/C30H38O11/c1-33-9-11-36-18-39-20-3-4-21-26(13-20)38-17-24(29(21)32)22-14-23-25(31)16-30(5-7-35-8-6-30)41-28(23)15-27(22)40-19-37-12-10-34-2/h3-4,13-15,24-25,31H,5-12,16-19H2,1-2H3. The highest BCUT2D eigenvalue weighted by Crippen LogP contribution is 2.48. The molecule has 2 atom stereocenters. The van der Waals surface area contributed by atoms with Crippen LogP contribution in [0.25, 0.3) is 0 Å². The Balaban J connectivity index is 1.37. The number of aliphatic hydroxyl groups is 1. The molecule has 11 heteroatoms. The summed E-state index contributed by atoms with van der Waals surface area (Å²) in [6.45, 7) is 2.94. The fourth-order valence-corrected chi connectivity index (χ4v) is 5.33. The molecule has 224 valence electrons. The predicted octanol–water partition coefficient (Wildman–Crippen LogP) is 3.41. The van der Waals surface area contributed by atoms with Crippen LogP contribution in [-0.4, -0.2) is 90.5 Å². The number of ether oxygens (including phenoxy) is 9. The van der Waals surface area contributed by atoms with E-state index in [-0.39, 0.29) is 26.0 Å². The SMILES string of the molecule is COCCOCOc1ccc2c(c1)OCC(c1cc3c(cc1OCOCCOC)OC1(CCOCC1)CC3O)C2=O. The molecule has 2 aromatic rings. The number of benzene rings is 2. The van der Waals surface area contributed by atoms with Gasteiger partial charge in [0, 0.05) is 56.7 Å². The molecule has 0 amide bonds. The lowest BCUT2D eigenvalue weighted by Crippen LogP contribution is -2.45. The maximum atomic E-state index is 13.7. The van der Waals surface area contributed by atoms with Gasteiger partial charge in [0.2, 0.25) is 0 Å². The van der Waals surface area contributed by atoms with Gasteiger partial charge < -0.3 is 47.7 Å². The monoisotopic (exact) mass is 574 g/mol. The molecule has 3 heterocycles. The van der Waals surface area contributed by atoms with Crippen molar-refractivity contribution in [1.29, 1.82) is 0 Å². The Morgan fingerprint density at radius 2 is 1.63 bits per heavy atom. The van der Waals surface area contributed by atoms with Gasteiger partial charge in [0.15, 0.2) is 19.4 Å². The summed E-state index contributed by atoms with van der Waals surface area (Å²) in [4.78, 5) is 13.7. The number of aliphatic hydroxyl groups excluding tert-OH is 1. The van der Waals surface area contributed by atoms with Crippen LogP contribution in [0.3, 0.4) is 0 Å². The minimum absolute atomic E-state index is 0.0395. The molecule has 0 radical (unpaired) electrons. The molecule has 0 bridgehead atoms. The highest BCUT2D eigenvalue weighted by atomic mass is 16.7. The molecule has 11 nitrogen and oxygen atoms in total. The second kappa shape index (κ2) is 13.8. The van der Waals surface area contributed by atoms with Gasteiger partial charge in [0.05, 0.1) is 57.2 Å². The highest BCUT2D eigenvalue weighted by molar-refractivity contribution is 6.04. The minimum atomic E-state index is -0.750. The zero-order chi connectivity index (χ0) is 28.7. The molecule has 5 rings (SSSR count). The first-order chi connectivity index (χ1) is 20.0. The van der Waals surface area contributed by atoms with E-state index >= 15 is 0 Å². The molecule has 2 unspecified atom stereocenters. The second-order valence-corrected chi connectivity index (χ2v) is 10.3. The van der Waals surface area contributed by atoms with Gasteiger partial charge in [0.25, 0.3) is 0 Å². The van der Waals surface area contributed by atoms with Gasteiger partial charge in [-0.2, -0.15) is 0 Å². The molecule has 1 N–H and O–H groups in total. The maximum absolute atomic E-state index is 13.7. The summed E-state index contributed by atoms with van der Waals surface area (Å²) >= 11 is 0. The van der Waals surface area contributed by atoms with Crippen molar-refractivity contribution in [1.82, 2.24) is 0 Å². The molecule has 0 aromatic heterocycles. The summed E-state index contributed by atoms with van der Waals surface area (Å²) in [5.74, 6) is 1.18. The summed E-state index contributed by atoms with van der Waals surface area (Å²) in [7, 11) is 3.20. The summed E-state index contributed by atoms with van der Waals surface area (Å²) in [5.41, 5.74) is 1.18. The first kappa shape index (κ1) is 29.6. The van der Waals surface area contributed by atoms with Crippen molar-refractivity contribution in [3.8, 4) is 23.0 Å². The van der Waals surface area contributed by atoms with Gasteiger partial charge in [0.1, 0.15) is 35.2 Å². The second-order valence-electron chi connectivity index (χ2n) is 10.3. The third-order valence-electron chi connectivity index (χ3n) is 7.58. The highest BCUT2D eigenvalue weighted by Gasteiger charge is 2.43. The van der Waals surface area contributed by atoms with E-state index in [9.17, 15) is 9.90 Å². The fraction of sp³-hybridized carbons (Fsp3) is 0.567. The Morgan fingerprint density at radius 3 is 2.37 bits per heavy atom. The van der Waals surface area contributed by atoms with Crippen molar-refractivity contribution in [2.75, 3.05) is 74.1 Å². The number of hydrogen-bond acceptors (Lipinski definition) is 11. The molecule has 1 spiro atoms. The number of ketones is 1. The largest absolute Gasteiger partial charge is 0.492 e. The number of Topliss-reactive ketones (excluding diaryl/α,β-unsaturated/α-hetero) is 1. The lowest BCUT2D eigenvalue weighted by Gasteiger charge is -2.43. The maximum Gasteiger partial charge on any atom is 0.189 e. The predicted molar refractivity (Wildman–Crippen MR) is 145 cm³/mol. The van der Waals surface area contributed by atoms with Crippen molar-refractivity contribution >= 4 is 5.78 Å². The smallest absolute Gasteiger partial charge is 0.189 e. The van der Waals surface area contributed by atoms with Crippen LogP contribution in [0.15, 0.2) is 30.3 Å². The number of fused-ring (bicyclic) bond motifs is 2. The topological polar surface area (TPSA) is 120 Å². The van der Waals surface area contributed by atoms with Gasteiger partial charge in [-0.3, -0.25) is 4.79 Å². The number of methoxy groups -OCH3 is 2. The number of rotatable bonds is 13. The summed E-state index contributed by atoms with van der Waals surface area (Å²) in [6, 6.07) is 8.65. The molecule has 1 saturated heterocycles. The molecule has 0 aliphatic carbocycles. The van der Waals surface area contributed by atoms with Crippen LogP contribution in [-0.2, 0) is 23.7 Å². The average molecular weight is 575 g/mol. The first-order valence-corrected chi connectivity index (χ1v) is 13.9. The molecular formula is C30H38O11. The molecule has 2 aromatic carbocycles. The minimum Gasteiger partial charge on any atom is -0.492 e. The van der Waals surface area contributed by atoms with E-state index in [0.717, 1.165) is 0 Å². The molecule has 1 fully saturated rings. The van der Waals surface area contributed by atoms with Crippen molar-refractivity contribution < 1.29 is 52.5 Å². The van der Waals surface area contributed by atoms with Crippen molar-refractivity contribution in [3.05, 3.63) is 47.0 Å². The summed E-state index contributed by atoms with van der Waals surface area (Å²) in [5, 5.41) is 11.2.